The summed E-state index contributed by atoms with van der Waals surface area (Å²) in [5.74, 6) is -0.175. The van der Waals surface area contributed by atoms with Gasteiger partial charge < -0.3 is 9.67 Å². The first kappa shape index (κ1) is 13.4. The molecular formula is C17H16N2O2. The fraction of sp³-hybridized carbons (Fsp3) is 0.176. The molecule has 0 amide bonds. The van der Waals surface area contributed by atoms with Crippen molar-refractivity contribution in [3.8, 4) is 11.4 Å². The molecule has 21 heavy (non-hydrogen) atoms. The third kappa shape index (κ3) is 2.52. The highest BCUT2D eigenvalue weighted by molar-refractivity contribution is 5.82. The Morgan fingerprint density at radius 1 is 1.14 bits per heavy atom. The van der Waals surface area contributed by atoms with E-state index in [4.69, 9.17) is 5.11 Å². The lowest BCUT2D eigenvalue weighted by Crippen LogP contribution is -2.10. The molecule has 2 aromatic carbocycles. The van der Waals surface area contributed by atoms with Crippen molar-refractivity contribution in [2.24, 2.45) is 0 Å². The zero-order valence-electron chi connectivity index (χ0n) is 11.8. The summed E-state index contributed by atoms with van der Waals surface area (Å²) in [6.45, 7) is 2.01. The minimum atomic E-state index is -0.871. The Kier molecular flexibility index (Phi) is 3.44. The van der Waals surface area contributed by atoms with Crippen LogP contribution in [0.5, 0.6) is 0 Å². The predicted octanol–water partition coefficient (Wildman–Crippen LogP) is 3.35. The number of hydrogen-bond acceptors (Lipinski definition) is 2. The van der Waals surface area contributed by atoms with Gasteiger partial charge in [0.25, 0.3) is 0 Å². The topological polar surface area (TPSA) is 55.1 Å². The summed E-state index contributed by atoms with van der Waals surface area (Å²) in [6.07, 6.45) is 0.978. The van der Waals surface area contributed by atoms with Gasteiger partial charge in [0, 0.05) is 5.56 Å². The van der Waals surface area contributed by atoms with Gasteiger partial charge in [-0.2, -0.15) is 0 Å². The second-order valence-corrected chi connectivity index (χ2v) is 4.95. The van der Waals surface area contributed by atoms with Crippen LogP contribution in [0.3, 0.4) is 0 Å². The molecule has 0 aliphatic heterocycles. The van der Waals surface area contributed by atoms with Crippen LogP contribution >= 0.6 is 0 Å². The molecule has 4 heteroatoms. The third-order valence-corrected chi connectivity index (χ3v) is 3.57. The number of aliphatic carboxylic acids is 1. The smallest absolute Gasteiger partial charge is 0.323 e. The number of aryl methyl sites for hydroxylation is 1. The van der Waals surface area contributed by atoms with E-state index in [1.54, 1.807) is 4.57 Å². The molecule has 1 N–H and O–H groups in total. The number of rotatable bonds is 4. The number of imidazole rings is 1. The normalized spacial score (nSPS) is 10.9. The van der Waals surface area contributed by atoms with Gasteiger partial charge in [0.05, 0.1) is 11.0 Å². The molecule has 0 aliphatic rings. The van der Waals surface area contributed by atoms with Crippen LogP contribution in [0.4, 0.5) is 0 Å². The highest BCUT2D eigenvalue weighted by atomic mass is 16.4. The lowest BCUT2D eigenvalue weighted by atomic mass is 10.1. The second-order valence-electron chi connectivity index (χ2n) is 4.95. The maximum Gasteiger partial charge on any atom is 0.323 e. The third-order valence-electron chi connectivity index (χ3n) is 3.57. The average Bonchev–Trinajstić information content (AvgIpc) is 2.86. The fourth-order valence-corrected chi connectivity index (χ4v) is 2.48. The van der Waals surface area contributed by atoms with Gasteiger partial charge in [-0.3, -0.25) is 4.79 Å². The van der Waals surface area contributed by atoms with Crippen molar-refractivity contribution in [2.75, 3.05) is 0 Å². The molecule has 0 aliphatic carbocycles. The van der Waals surface area contributed by atoms with Crippen molar-refractivity contribution in [1.29, 1.82) is 0 Å². The standard InChI is InChI=1S/C17H16N2O2/c1-2-12-7-9-13(10-8-12)17-18-14-5-3-4-6-15(14)19(17)11-16(20)21/h3-10H,2,11H2,1H3,(H,20,21). The highest BCUT2D eigenvalue weighted by Gasteiger charge is 2.14. The number of para-hydroxylation sites is 2. The zero-order chi connectivity index (χ0) is 14.8. The molecular weight excluding hydrogens is 264 g/mol. The number of carbonyl (C=O) groups is 1. The molecule has 0 saturated carbocycles. The van der Waals surface area contributed by atoms with Crippen LogP contribution in [-0.4, -0.2) is 20.6 Å². The Morgan fingerprint density at radius 2 is 1.86 bits per heavy atom. The molecule has 3 rings (SSSR count). The number of hydrogen-bond donors (Lipinski definition) is 1. The summed E-state index contributed by atoms with van der Waals surface area (Å²) in [4.78, 5) is 15.7. The summed E-state index contributed by atoms with van der Waals surface area (Å²) >= 11 is 0. The molecule has 0 fully saturated rings. The van der Waals surface area contributed by atoms with Gasteiger partial charge in [-0.05, 0) is 24.1 Å². The molecule has 3 aromatic rings. The molecule has 0 atom stereocenters. The van der Waals surface area contributed by atoms with Gasteiger partial charge in [0.15, 0.2) is 0 Å². The molecule has 106 valence electrons. The number of aromatic nitrogens is 2. The molecule has 1 heterocycles. The number of nitrogens with zero attached hydrogens (tertiary/aromatic N) is 2. The van der Waals surface area contributed by atoms with Crippen LogP contribution in [0.25, 0.3) is 22.4 Å². The van der Waals surface area contributed by atoms with E-state index in [2.05, 4.69) is 24.0 Å². The summed E-state index contributed by atoms with van der Waals surface area (Å²) < 4.78 is 1.75. The van der Waals surface area contributed by atoms with E-state index in [-0.39, 0.29) is 6.54 Å². The van der Waals surface area contributed by atoms with Gasteiger partial charge in [0.1, 0.15) is 12.4 Å². The average molecular weight is 280 g/mol. The van der Waals surface area contributed by atoms with Gasteiger partial charge in [-0.25, -0.2) is 4.98 Å². The van der Waals surface area contributed by atoms with E-state index in [0.29, 0.717) is 5.82 Å². The minimum Gasteiger partial charge on any atom is -0.480 e. The number of carboxylic acid groups (broad SMARTS) is 1. The SMILES string of the molecule is CCc1ccc(-c2nc3ccccc3n2CC(=O)O)cc1. The largest absolute Gasteiger partial charge is 0.480 e. The van der Waals surface area contributed by atoms with Crippen LogP contribution < -0.4 is 0 Å². The van der Waals surface area contributed by atoms with Crippen molar-refractivity contribution in [3.05, 3.63) is 54.1 Å². The maximum atomic E-state index is 11.1. The van der Waals surface area contributed by atoms with Crippen LogP contribution in [0.15, 0.2) is 48.5 Å². The van der Waals surface area contributed by atoms with Gasteiger partial charge >= 0.3 is 5.97 Å². The van der Waals surface area contributed by atoms with Gasteiger partial charge in [-0.1, -0.05) is 43.3 Å². The molecule has 0 bridgehead atoms. The van der Waals surface area contributed by atoms with E-state index in [9.17, 15) is 4.79 Å². The maximum absolute atomic E-state index is 11.1. The molecule has 0 unspecified atom stereocenters. The molecule has 0 saturated heterocycles. The van der Waals surface area contributed by atoms with E-state index in [0.717, 1.165) is 23.0 Å². The van der Waals surface area contributed by atoms with Crippen LogP contribution in [0, 0.1) is 0 Å². The summed E-state index contributed by atoms with van der Waals surface area (Å²) in [5, 5.41) is 9.15. The number of carboxylic acids is 1. The van der Waals surface area contributed by atoms with Crippen molar-refractivity contribution >= 4 is 17.0 Å². The number of benzene rings is 2. The van der Waals surface area contributed by atoms with E-state index >= 15 is 0 Å². The summed E-state index contributed by atoms with van der Waals surface area (Å²) in [7, 11) is 0. The Balaban J connectivity index is 2.17. The van der Waals surface area contributed by atoms with Crippen LogP contribution in [0.1, 0.15) is 12.5 Å². The van der Waals surface area contributed by atoms with E-state index < -0.39 is 5.97 Å². The molecule has 0 spiro atoms. The molecule has 0 radical (unpaired) electrons. The summed E-state index contributed by atoms with van der Waals surface area (Å²) in [6, 6.07) is 15.7. The van der Waals surface area contributed by atoms with Gasteiger partial charge in [-0.15, -0.1) is 0 Å². The lowest BCUT2D eigenvalue weighted by molar-refractivity contribution is -0.137. The Morgan fingerprint density at radius 3 is 2.52 bits per heavy atom. The van der Waals surface area contributed by atoms with Crippen molar-refractivity contribution in [2.45, 2.75) is 19.9 Å². The van der Waals surface area contributed by atoms with E-state index in [1.165, 1.54) is 5.56 Å². The van der Waals surface area contributed by atoms with Crippen molar-refractivity contribution in [1.82, 2.24) is 9.55 Å². The Bertz CT molecular complexity index is 788. The van der Waals surface area contributed by atoms with Crippen molar-refractivity contribution in [3.63, 3.8) is 0 Å². The first-order valence-electron chi connectivity index (χ1n) is 6.95. The number of fused-ring (bicyclic) bond motifs is 1. The Labute approximate surface area is 122 Å². The first-order chi connectivity index (χ1) is 10.2. The fourth-order valence-electron chi connectivity index (χ4n) is 2.48. The highest BCUT2D eigenvalue weighted by Crippen LogP contribution is 2.25. The lowest BCUT2D eigenvalue weighted by Gasteiger charge is -2.07. The minimum absolute atomic E-state index is 0.0919. The zero-order valence-corrected chi connectivity index (χ0v) is 11.8. The molecule has 4 nitrogen and oxygen atoms in total. The van der Waals surface area contributed by atoms with Crippen LogP contribution in [-0.2, 0) is 17.8 Å². The first-order valence-corrected chi connectivity index (χ1v) is 6.95. The quantitative estimate of drug-likeness (QED) is 0.797. The Hall–Kier alpha value is -2.62. The monoisotopic (exact) mass is 280 g/mol. The van der Waals surface area contributed by atoms with Crippen LogP contribution in [0.2, 0.25) is 0 Å². The summed E-state index contributed by atoms with van der Waals surface area (Å²) in [5.41, 5.74) is 3.84. The second kappa shape index (κ2) is 5.40. The van der Waals surface area contributed by atoms with Crippen molar-refractivity contribution < 1.29 is 9.90 Å². The molecule has 1 aromatic heterocycles. The van der Waals surface area contributed by atoms with E-state index in [1.807, 2.05) is 36.4 Å². The van der Waals surface area contributed by atoms with Gasteiger partial charge in [0.2, 0.25) is 0 Å². The predicted molar refractivity (Wildman–Crippen MR) is 82.2 cm³/mol.